The lowest BCUT2D eigenvalue weighted by Gasteiger charge is -2.18. The number of carbonyl (C=O) groups is 1. The normalized spacial score (nSPS) is 17.7. The molecular formula is C15H13FN2O3S. The summed E-state index contributed by atoms with van der Waals surface area (Å²) in [6, 6.07) is 10.1. The Hall–Kier alpha value is -2.25. The summed E-state index contributed by atoms with van der Waals surface area (Å²) in [5.74, 6) is -1.58. The fourth-order valence-corrected chi connectivity index (χ4v) is 3.37. The van der Waals surface area contributed by atoms with Crippen LogP contribution in [0.3, 0.4) is 0 Å². The highest BCUT2D eigenvalue weighted by atomic mass is 32.2. The van der Waals surface area contributed by atoms with Crippen molar-refractivity contribution in [2.24, 2.45) is 0 Å². The van der Waals surface area contributed by atoms with Crippen LogP contribution in [0.4, 0.5) is 10.1 Å². The first-order valence-corrected chi connectivity index (χ1v) is 7.65. The van der Waals surface area contributed by atoms with Crippen molar-refractivity contribution < 1.29 is 18.8 Å². The number of aryl methyl sites for hydroxylation is 1. The minimum absolute atomic E-state index is 0.242. The molecule has 0 aromatic heterocycles. The van der Waals surface area contributed by atoms with Gasteiger partial charge in [-0.25, -0.2) is 4.39 Å². The van der Waals surface area contributed by atoms with Gasteiger partial charge in [0, 0.05) is 0 Å². The van der Waals surface area contributed by atoms with Gasteiger partial charge in [0.25, 0.3) is 5.91 Å². The zero-order valence-corrected chi connectivity index (χ0v) is 12.5. The van der Waals surface area contributed by atoms with Crippen LogP contribution in [0.2, 0.25) is 0 Å². The van der Waals surface area contributed by atoms with Gasteiger partial charge in [0.15, 0.2) is 29.6 Å². The Morgan fingerprint density at radius 1 is 1.36 bits per heavy atom. The fraction of sp³-hybridized carbons (Fsp3) is 0.133. The van der Waals surface area contributed by atoms with E-state index in [1.54, 1.807) is 0 Å². The lowest BCUT2D eigenvalue weighted by atomic mass is 10.00. The maximum Gasteiger partial charge on any atom is 0.287 e. The van der Waals surface area contributed by atoms with Crippen molar-refractivity contribution in [3.05, 3.63) is 47.8 Å². The molecule has 0 saturated carbocycles. The summed E-state index contributed by atoms with van der Waals surface area (Å²) in [4.78, 5) is 11.2. The molecule has 0 bridgehead atoms. The molecule has 1 unspecified atom stereocenters. The van der Waals surface area contributed by atoms with Crippen molar-refractivity contribution in [3.63, 3.8) is 0 Å². The molecule has 1 aliphatic heterocycles. The monoisotopic (exact) mass is 320 g/mol. The first kappa shape index (κ1) is 14.7. The van der Waals surface area contributed by atoms with Crippen LogP contribution in [0.15, 0.2) is 36.4 Å². The molecule has 0 aliphatic carbocycles. The summed E-state index contributed by atoms with van der Waals surface area (Å²) in [5, 5.41) is 10.1. The van der Waals surface area contributed by atoms with Crippen molar-refractivity contribution in [1.29, 1.82) is 0 Å². The van der Waals surface area contributed by atoms with Gasteiger partial charge in [-0.2, -0.15) is 4.31 Å². The largest absolute Gasteiger partial charge is 0.568 e. The number of nitrogens with zero attached hydrogens (tertiary/aromatic N) is 1. The number of aromatic hydroxyl groups is 1. The molecule has 2 N–H and O–H groups in total. The van der Waals surface area contributed by atoms with Gasteiger partial charge in [0.05, 0.1) is 0 Å². The maximum absolute atomic E-state index is 14.4. The Morgan fingerprint density at radius 3 is 2.68 bits per heavy atom. The van der Waals surface area contributed by atoms with E-state index in [2.05, 4.69) is 4.72 Å². The summed E-state index contributed by atoms with van der Waals surface area (Å²) in [5.41, 5.74) is 2.01. The number of benzene rings is 2. The highest BCUT2D eigenvalue weighted by Crippen LogP contribution is 2.37. The number of rotatable bonds is 2. The molecule has 1 amide bonds. The van der Waals surface area contributed by atoms with Crippen molar-refractivity contribution in [2.75, 3.05) is 10.8 Å². The smallest absolute Gasteiger partial charge is 0.287 e. The van der Waals surface area contributed by atoms with E-state index in [9.17, 15) is 18.8 Å². The highest BCUT2D eigenvalue weighted by Gasteiger charge is 2.37. The zero-order chi connectivity index (χ0) is 15.9. The molecule has 2 aromatic carbocycles. The van der Waals surface area contributed by atoms with Crippen LogP contribution in [0, 0.1) is 12.7 Å². The number of phenols is 1. The highest BCUT2D eigenvalue weighted by molar-refractivity contribution is 7.92. The Labute approximate surface area is 129 Å². The van der Waals surface area contributed by atoms with E-state index in [-0.39, 0.29) is 18.0 Å². The predicted molar refractivity (Wildman–Crippen MR) is 81.9 cm³/mol. The third-order valence-electron chi connectivity index (χ3n) is 3.44. The topological polar surface area (TPSA) is 75.6 Å². The second-order valence-corrected chi connectivity index (χ2v) is 6.09. The molecule has 1 heterocycles. The number of anilines is 1. The summed E-state index contributed by atoms with van der Waals surface area (Å²) >= 11 is -1.88. The third-order valence-corrected chi connectivity index (χ3v) is 4.55. The fourth-order valence-electron chi connectivity index (χ4n) is 2.42. The molecule has 0 spiro atoms. The van der Waals surface area contributed by atoms with Gasteiger partial charge in [-0.15, -0.1) is 4.72 Å². The first-order chi connectivity index (χ1) is 10.5. The Bertz CT molecular complexity index is 730. The Kier molecular flexibility index (Phi) is 3.67. The lowest BCUT2D eigenvalue weighted by molar-refractivity contribution is -0.117. The summed E-state index contributed by atoms with van der Waals surface area (Å²) in [7, 11) is 0. The molecule has 1 fully saturated rings. The Morgan fingerprint density at radius 2 is 2.09 bits per heavy atom. The molecule has 2 aromatic rings. The van der Waals surface area contributed by atoms with Gasteiger partial charge in [-0.1, -0.05) is 24.3 Å². The van der Waals surface area contributed by atoms with E-state index in [0.717, 1.165) is 15.4 Å². The van der Waals surface area contributed by atoms with E-state index in [1.807, 2.05) is 31.2 Å². The van der Waals surface area contributed by atoms with Crippen molar-refractivity contribution >= 4 is 23.1 Å². The van der Waals surface area contributed by atoms with Crippen molar-refractivity contribution in [3.8, 4) is 16.9 Å². The molecule has 0 radical (unpaired) electrons. The number of hydrogen-bond donors (Lipinski definition) is 2. The number of carbonyl (C=O) groups excluding carboxylic acids is 1. The molecule has 7 heteroatoms. The maximum atomic E-state index is 14.4. The first-order valence-electron chi connectivity index (χ1n) is 6.55. The summed E-state index contributed by atoms with van der Waals surface area (Å²) in [6.45, 7) is 1.62. The van der Waals surface area contributed by atoms with Gasteiger partial charge < -0.3 is 9.66 Å². The number of halogens is 1. The third kappa shape index (κ3) is 2.49. The molecule has 1 atom stereocenters. The van der Waals surface area contributed by atoms with E-state index >= 15 is 0 Å². The summed E-state index contributed by atoms with van der Waals surface area (Å²) in [6.07, 6.45) is 0. The molecule has 114 valence electrons. The van der Waals surface area contributed by atoms with Crippen LogP contribution in [-0.2, 0) is 16.3 Å². The van der Waals surface area contributed by atoms with Crippen molar-refractivity contribution in [1.82, 2.24) is 4.72 Å². The van der Waals surface area contributed by atoms with E-state index < -0.39 is 23.3 Å². The number of hydrogen-bond acceptors (Lipinski definition) is 4. The van der Waals surface area contributed by atoms with Crippen LogP contribution in [0.25, 0.3) is 11.1 Å². The van der Waals surface area contributed by atoms with Crippen LogP contribution in [0.1, 0.15) is 5.56 Å². The van der Waals surface area contributed by atoms with Crippen LogP contribution >= 0.6 is 0 Å². The van der Waals surface area contributed by atoms with Gasteiger partial charge in [0.2, 0.25) is 0 Å². The molecule has 22 heavy (non-hydrogen) atoms. The molecule has 1 aliphatic rings. The quantitative estimate of drug-likeness (QED) is 0.830. The van der Waals surface area contributed by atoms with E-state index in [0.29, 0.717) is 5.56 Å². The zero-order valence-electron chi connectivity index (χ0n) is 11.7. The minimum atomic E-state index is -1.88. The van der Waals surface area contributed by atoms with Crippen molar-refractivity contribution in [2.45, 2.75) is 6.92 Å². The lowest BCUT2D eigenvalue weighted by Crippen LogP contribution is -2.30. The summed E-state index contributed by atoms with van der Waals surface area (Å²) < 4.78 is 29.3. The van der Waals surface area contributed by atoms with Crippen LogP contribution in [0.5, 0.6) is 5.75 Å². The van der Waals surface area contributed by atoms with E-state index in [1.165, 1.54) is 12.1 Å². The average Bonchev–Trinajstić information content (AvgIpc) is 2.77. The van der Waals surface area contributed by atoms with Gasteiger partial charge >= 0.3 is 0 Å². The number of phenolic OH excluding ortho intramolecular Hbond substituents is 1. The molecule has 3 rings (SSSR count). The Balaban J connectivity index is 2.06. The van der Waals surface area contributed by atoms with Gasteiger partial charge in [-0.05, 0) is 35.7 Å². The SMILES string of the molecule is Cc1ccccc1-c1cc(O)c(N2CC(=O)N[S+]2[O-])c(F)c1. The molecular weight excluding hydrogens is 307 g/mol. The number of amides is 1. The molecule has 5 nitrogen and oxygen atoms in total. The van der Waals surface area contributed by atoms with Crippen LogP contribution < -0.4 is 9.03 Å². The van der Waals surface area contributed by atoms with Gasteiger partial charge in [-0.3, -0.25) is 4.79 Å². The predicted octanol–water partition coefficient (Wildman–Crippen LogP) is 2.02. The standard InChI is InChI=1S/C15H13FN2O3S/c1-9-4-2-3-5-11(9)10-6-12(16)15(13(19)7-10)18-8-14(20)17-22(18)21/h2-7,19H,8H2,1H3,(H,17,20). The number of nitrogens with one attached hydrogen (secondary N) is 1. The average molecular weight is 320 g/mol. The molecule has 1 saturated heterocycles. The van der Waals surface area contributed by atoms with Crippen LogP contribution in [-0.4, -0.2) is 22.1 Å². The second-order valence-electron chi connectivity index (χ2n) is 4.95. The van der Waals surface area contributed by atoms with Gasteiger partial charge in [0.1, 0.15) is 5.75 Å². The van der Waals surface area contributed by atoms with E-state index in [4.69, 9.17) is 0 Å². The minimum Gasteiger partial charge on any atom is -0.568 e. The second kappa shape index (κ2) is 5.51.